The highest BCUT2D eigenvalue weighted by atomic mass is 16.6. The highest BCUT2D eigenvalue weighted by Gasteiger charge is 2.44. The van der Waals surface area contributed by atoms with Crippen molar-refractivity contribution in [3.05, 3.63) is 35.9 Å². The van der Waals surface area contributed by atoms with Crippen molar-refractivity contribution >= 4 is 5.97 Å². The van der Waals surface area contributed by atoms with Gasteiger partial charge < -0.3 is 9.64 Å². The Hall–Kier alpha value is -1.35. The SMILES string of the molecule is CC[C@@](OC(C)=O)(c1ccccc1)[C@H]1CCN(C)C1. The van der Waals surface area contributed by atoms with Crippen LogP contribution in [0.3, 0.4) is 0 Å². The molecule has 3 heteroatoms. The summed E-state index contributed by atoms with van der Waals surface area (Å²) in [6, 6.07) is 10.2. The number of carbonyl (C=O) groups is 1. The number of hydrogen-bond acceptors (Lipinski definition) is 3. The summed E-state index contributed by atoms with van der Waals surface area (Å²) in [5.41, 5.74) is 0.644. The Morgan fingerprint density at radius 2 is 2.11 bits per heavy atom. The Morgan fingerprint density at radius 1 is 1.42 bits per heavy atom. The molecule has 0 spiro atoms. The van der Waals surface area contributed by atoms with E-state index in [4.69, 9.17) is 4.74 Å². The van der Waals surface area contributed by atoms with Crippen molar-refractivity contribution in [2.24, 2.45) is 5.92 Å². The molecule has 0 bridgehead atoms. The molecular formula is C16H23NO2. The van der Waals surface area contributed by atoms with Crippen LogP contribution < -0.4 is 0 Å². The summed E-state index contributed by atoms with van der Waals surface area (Å²) < 4.78 is 5.84. The topological polar surface area (TPSA) is 29.5 Å². The van der Waals surface area contributed by atoms with Gasteiger partial charge in [-0.3, -0.25) is 4.79 Å². The Balaban J connectivity index is 2.39. The van der Waals surface area contributed by atoms with Gasteiger partial charge in [0.25, 0.3) is 0 Å². The number of rotatable bonds is 4. The van der Waals surface area contributed by atoms with E-state index >= 15 is 0 Å². The summed E-state index contributed by atoms with van der Waals surface area (Å²) in [6.07, 6.45) is 1.89. The van der Waals surface area contributed by atoms with Crippen molar-refractivity contribution < 1.29 is 9.53 Å². The first-order valence-corrected chi connectivity index (χ1v) is 7.02. The third-order valence-electron chi connectivity index (χ3n) is 4.16. The van der Waals surface area contributed by atoms with Gasteiger partial charge in [0.15, 0.2) is 0 Å². The number of likely N-dealkylation sites (tertiary alicyclic amines) is 1. The number of carbonyl (C=O) groups excluding carboxylic acids is 1. The molecule has 2 atom stereocenters. The van der Waals surface area contributed by atoms with E-state index in [1.807, 2.05) is 18.2 Å². The lowest BCUT2D eigenvalue weighted by atomic mass is 9.78. The summed E-state index contributed by atoms with van der Waals surface area (Å²) in [5, 5.41) is 0. The Morgan fingerprint density at radius 3 is 2.58 bits per heavy atom. The highest BCUT2D eigenvalue weighted by molar-refractivity contribution is 5.67. The fraction of sp³-hybridized carbons (Fsp3) is 0.562. The van der Waals surface area contributed by atoms with E-state index in [0.717, 1.165) is 31.5 Å². The lowest BCUT2D eigenvalue weighted by Gasteiger charge is -2.38. The van der Waals surface area contributed by atoms with Crippen LogP contribution in [0.15, 0.2) is 30.3 Å². The summed E-state index contributed by atoms with van der Waals surface area (Å²) in [5.74, 6) is 0.175. The molecule has 0 aliphatic carbocycles. The van der Waals surface area contributed by atoms with Crippen LogP contribution in [-0.4, -0.2) is 31.0 Å². The molecule has 1 fully saturated rings. The van der Waals surface area contributed by atoms with Gasteiger partial charge in [-0.1, -0.05) is 37.3 Å². The smallest absolute Gasteiger partial charge is 0.303 e. The molecule has 0 N–H and O–H groups in total. The fourth-order valence-electron chi connectivity index (χ4n) is 3.24. The van der Waals surface area contributed by atoms with Gasteiger partial charge in [-0.05, 0) is 32.0 Å². The number of esters is 1. The van der Waals surface area contributed by atoms with Crippen LogP contribution in [0.2, 0.25) is 0 Å². The second-order valence-electron chi connectivity index (χ2n) is 5.45. The summed E-state index contributed by atoms with van der Waals surface area (Å²) >= 11 is 0. The van der Waals surface area contributed by atoms with E-state index < -0.39 is 5.60 Å². The van der Waals surface area contributed by atoms with E-state index in [0.29, 0.717) is 5.92 Å². The van der Waals surface area contributed by atoms with E-state index in [1.165, 1.54) is 6.92 Å². The minimum atomic E-state index is -0.474. The van der Waals surface area contributed by atoms with E-state index in [2.05, 4.69) is 31.0 Å². The van der Waals surface area contributed by atoms with Crippen molar-refractivity contribution in [3.8, 4) is 0 Å². The maximum atomic E-state index is 11.6. The minimum Gasteiger partial charge on any atom is -0.454 e. The van der Waals surface area contributed by atoms with E-state index in [-0.39, 0.29) is 5.97 Å². The first-order valence-electron chi connectivity index (χ1n) is 7.02. The first-order chi connectivity index (χ1) is 9.08. The Bertz CT molecular complexity index is 432. The minimum absolute atomic E-state index is 0.194. The van der Waals surface area contributed by atoms with E-state index in [9.17, 15) is 4.79 Å². The van der Waals surface area contributed by atoms with Crippen molar-refractivity contribution in [2.75, 3.05) is 20.1 Å². The highest BCUT2D eigenvalue weighted by Crippen LogP contribution is 2.41. The van der Waals surface area contributed by atoms with Gasteiger partial charge in [-0.2, -0.15) is 0 Å². The molecular weight excluding hydrogens is 238 g/mol. The second kappa shape index (κ2) is 5.74. The standard InChI is InChI=1S/C16H23NO2/c1-4-16(19-13(2)18,14-8-6-5-7-9-14)15-10-11-17(3)12-15/h5-9,15H,4,10-12H2,1-3H3/t15-,16+/m0/s1. The number of benzene rings is 1. The van der Waals surface area contributed by atoms with Crippen molar-refractivity contribution in [1.29, 1.82) is 0 Å². The zero-order valence-electron chi connectivity index (χ0n) is 12.1. The number of ether oxygens (including phenoxy) is 1. The van der Waals surface area contributed by atoms with Crippen LogP contribution >= 0.6 is 0 Å². The summed E-state index contributed by atoms with van der Waals surface area (Å²) in [7, 11) is 2.12. The Labute approximate surface area is 115 Å². The molecule has 3 nitrogen and oxygen atoms in total. The molecule has 0 amide bonds. The molecule has 1 aliphatic heterocycles. The predicted molar refractivity (Wildman–Crippen MR) is 75.8 cm³/mol. The molecule has 0 aromatic heterocycles. The van der Waals surface area contributed by atoms with Crippen molar-refractivity contribution in [1.82, 2.24) is 4.90 Å². The van der Waals surface area contributed by atoms with Crippen LogP contribution in [0.4, 0.5) is 0 Å². The molecule has 1 aromatic carbocycles. The number of nitrogens with zero attached hydrogens (tertiary/aromatic N) is 1. The zero-order chi connectivity index (χ0) is 13.9. The van der Waals surface area contributed by atoms with Crippen LogP contribution in [0.25, 0.3) is 0 Å². The molecule has 19 heavy (non-hydrogen) atoms. The van der Waals surface area contributed by atoms with E-state index in [1.54, 1.807) is 0 Å². The monoisotopic (exact) mass is 261 g/mol. The molecule has 1 heterocycles. The molecule has 1 saturated heterocycles. The normalized spacial score (nSPS) is 23.0. The lowest BCUT2D eigenvalue weighted by molar-refractivity contribution is -0.165. The molecule has 1 aromatic rings. The molecule has 1 aliphatic rings. The lowest BCUT2D eigenvalue weighted by Crippen LogP contribution is -2.40. The maximum absolute atomic E-state index is 11.6. The van der Waals surface area contributed by atoms with Crippen molar-refractivity contribution in [3.63, 3.8) is 0 Å². The first kappa shape index (κ1) is 14.1. The van der Waals surface area contributed by atoms with Crippen LogP contribution in [0, 0.1) is 5.92 Å². The third-order valence-corrected chi connectivity index (χ3v) is 4.16. The van der Waals surface area contributed by atoms with Crippen molar-refractivity contribution in [2.45, 2.75) is 32.3 Å². The van der Waals surface area contributed by atoms with Gasteiger partial charge in [-0.15, -0.1) is 0 Å². The Kier molecular flexibility index (Phi) is 4.25. The van der Waals surface area contributed by atoms with Gasteiger partial charge in [0.05, 0.1) is 0 Å². The molecule has 2 rings (SSSR count). The van der Waals surface area contributed by atoms with Crippen LogP contribution in [0.5, 0.6) is 0 Å². The van der Waals surface area contributed by atoms with Crippen LogP contribution in [0.1, 0.15) is 32.3 Å². The molecule has 0 saturated carbocycles. The molecule has 104 valence electrons. The molecule has 0 unspecified atom stereocenters. The quantitative estimate of drug-likeness (QED) is 0.781. The average molecular weight is 261 g/mol. The largest absolute Gasteiger partial charge is 0.454 e. The van der Waals surface area contributed by atoms with Gasteiger partial charge >= 0.3 is 5.97 Å². The summed E-state index contributed by atoms with van der Waals surface area (Å²) in [6.45, 7) is 5.66. The van der Waals surface area contributed by atoms with Crippen LogP contribution in [-0.2, 0) is 15.1 Å². The average Bonchev–Trinajstić information content (AvgIpc) is 2.84. The fourth-order valence-corrected chi connectivity index (χ4v) is 3.24. The van der Waals surface area contributed by atoms with Gasteiger partial charge in [0.1, 0.15) is 5.60 Å². The maximum Gasteiger partial charge on any atom is 0.303 e. The van der Waals surface area contributed by atoms with Gasteiger partial charge in [0.2, 0.25) is 0 Å². The summed E-state index contributed by atoms with van der Waals surface area (Å²) in [4.78, 5) is 13.9. The van der Waals surface area contributed by atoms with Gasteiger partial charge in [-0.25, -0.2) is 0 Å². The zero-order valence-corrected chi connectivity index (χ0v) is 12.1. The third kappa shape index (κ3) is 2.81. The predicted octanol–water partition coefficient (Wildman–Crippen LogP) is 2.81. The second-order valence-corrected chi connectivity index (χ2v) is 5.45. The van der Waals surface area contributed by atoms with Gasteiger partial charge in [0, 0.05) is 19.4 Å². The molecule has 0 radical (unpaired) electrons. The number of hydrogen-bond donors (Lipinski definition) is 0.